The molecule has 0 bridgehead atoms. The van der Waals surface area contributed by atoms with Gasteiger partial charge in [-0.2, -0.15) is 13.2 Å². The number of anilines is 1. The van der Waals surface area contributed by atoms with Crippen LogP contribution in [0, 0.1) is 5.92 Å². The lowest BCUT2D eigenvalue weighted by Gasteiger charge is -2.18. The Kier molecular flexibility index (Phi) is 7.84. The van der Waals surface area contributed by atoms with Crippen molar-refractivity contribution < 1.29 is 18.0 Å². The number of allylic oxidation sites excluding steroid dienone is 2. The lowest BCUT2D eigenvalue weighted by molar-refractivity contribution is -0.137. The summed E-state index contributed by atoms with van der Waals surface area (Å²) in [5.74, 6) is 0.512. The zero-order chi connectivity index (χ0) is 29.3. The van der Waals surface area contributed by atoms with E-state index >= 15 is 0 Å². The Balaban J connectivity index is 1.41. The summed E-state index contributed by atoms with van der Waals surface area (Å²) in [5, 5.41) is 12.5. The van der Waals surface area contributed by atoms with Crippen molar-refractivity contribution in [1.29, 1.82) is 0 Å². The third-order valence-corrected chi connectivity index (χ3v) is 7.80. The number of fused-ring (bicyclic) bond motifs is 1. The van der Waals surface area contributed by atoms with Crippen LogP contribution in [0.5, 0.6) is 0 Å². The van der Waals surface area contributed by atoms with E-state index in [1.807, 2.05) is 31.3 Å². The Morgan fingerprint density at radius 1 is 1.10 bits per heavy atom. The molecule has 5 rings (SSSR count). The standard InChI is InChI=1S/C31H33F3N6O/c1-35-28-13-12-27(37-38-28)24-14-15-36-29-25(24)18-22(40(29)4)16-19-6-5-7-20(9-8-19)23-11-10-21(30(41)39(2)3)17-26(23)31(32,33)34/h9-15,17-19H,5-8,16H2,1-4H3,(H,35,38). The maximum absolute atomic E-state index is 14.1. The first-order valence-electron chi connectivity index (χ1n) is 13.6. The van der Waals surface area contributed by atoms with Gasteiger partial charge in [-0.1, -0.05) is 12.1 Å². The van der Waals surface area contributed by atoms with Crippen LogP contribution in [0.15, 0.2) is 54.7 Å². The lowest BCUT2D eigenvalue weighted by Crippen LogP contribution is -2.22. The predicted molar refractivity (Wildman–Crippen MR) is 154 cm³/mol. The first kappa shape index (κ1) is 28.3. The number of amides is 1. The summed E-state index contributed by atoms with van der Waals surface area (Å²) in [6.45, 7) is 0. The lowest BCUT2D eigenvalue weighted by atomic mass is 9.94. The van der Waals surface area contributed by atoms with Crippen LogP contribution in [0.2, 0.25) is 0 Å². The summed E-state index contributed by atoms with van der Waals surface area (Å²) < 4.78 is 44.3. The van der Waals surface area contributed by atoms with Crippen LogP contribution in [0.4, 0.5) is 19.0 Å². The minimum atomic E-state index is -4.56. The van der Waals surface area contributed by atoms with Crippen molar-refractivity contribution in [2.45, 2.75) is 38.3 Å². The third kappa shape index (κ3) is 5.82. The molecule has 0 saturated heterocycles. The van der Waals surface area contributed by atoms with Crippen LogP contribution in [-0.2, 0) is 19.6 Å². The maximum Gasteiger partial charge on any atom is 0.417 e. The molecule has 1 aliphatic carbocycles. The number of rotatable bonds is 6. The molecule has 214 valence electrons. The molecule has 41 heavy (non-hydrogen) atoms. The van der Waals surface area contributed by atoms with E-state index in [1.54, 1.807) is 13.2 Å². The quantitative estimate of drug-likeness (QED) is 0.286. The number of aryl methyl sites for hydroxylation is 1. The largest absolute Gasteiger partial charge is 0.417 e. The zero-order valence-electron chi connectivity index (χ0n) is 23.6. The van der Waals surface area contributed by atoms with Crippen molar-refractivity contribution in [3.05, 3.63) is 77.1 Å². The fourth-order valence-corrected chi connectivity index (χ4v) is 5.59. The maximum atomic E-state index is 14.1. The molecule has 0 saturated carbocycles. The van der Waals surface area contributed by atoms with Crippen molar-refractivity contribution in [1.82, 2.24) is 24.6 Å². The van der Waals surface area contributed by atoms with Crippen molar-refractivity contribution >= 4 is 28.3 Å². The summed E-state index contributed by atoms with van der Waals surface area (Å²) in [5.41, 5.74) is 3.80. The SMILES string of the molecule is CNc1ccc(-c2ccnc3c2cc(CC2CC=C(c4ccc(C(=O)N(C)C)cc4C(F)(F)F)CCC2)n3C)nn1. The van der Waals surface area contributed by atoms with E-state index in [0.29, 0.717) is 24.2 Å². The average Bonchev–Trinajstić information content (AvgIpc) is 3.11. The summed E-state index contributed by atoms with van der Waals surface area (Å²) in [7, 11) is 6.84. The van der Waals surface area contributed by atoms with E-state index < -0.39 is 17.6 Å². The molecule has 1 N–H and O–H groups in total. The Hall–Kier alpha value is -4.21. The topological polar surface area (TPSA) is 75.9 Å². The zero-order valence-corrected chi connectivity index (χ0v) is 23.6. The highest BCUT2D eigenvalue weighted by Gasteiger charge is 2.35. The highest BCUT2D eigenvalue weighted by Crippen LogP contribution is 2.39. The Morgan fingerprint density at radius 3 is 2.59 bits per heavy atom. The summed E-state index contributed by atoms with van der Waals surface area (Å²) >= 11 is 0. The molecule has 3 aromatic heterocycles. The van der Waals surface area contributed by atoms with Crippen LogP contribution in [-0.4, -0.2) is 51.7 Å². The van der Waals surface area contributed by atoms with Crippen LogP contribution in [0.1, 0.15) is 52.9 Å². The fraction of sp³-hybridized carbons (Fsp3) is 0.355. The highest BCUT2D eigenvalue weighted by atomic mass is 19.4. The average molecular weight is 563 g/mol. The van der Waals surface area contributed by atoms with E-state index in [-0.39, 0.29) is 17.0 Å². The summed E-state index contributed by atoms with van der Waals surface area (Å²) in [6, 6.07) is 11.8. The van der Waals surface area contributed by atoms with Gasteiger partial charge in [-0.25, -0.2) is 4.98 Å². The van der Waals surface area contributed by atoms with Gasteiger partial charge in [0.05, 0.1) is 11.3 Å². The number of alkyl halides is 3. The Morgan fingerprint density at radius 2 is 1.90 bits per heavy atom. The van der Waals surface area contributed by atoms with E-state index in [9.17, 15) is 18.0 Å². The van der Waals surface area contributed by atoms with Gasteiger partial charge in [0.25, 0.3) is 5.91 Å². The third-order valence-electron chi connectivity index (χ3n) is 7.80. The van der Waals surface area contributed by atoms with Gasteiger partial charge in [0.1, 0.15) is 11.5 Å². The number of hydrogen-bond donors (Lipinski definition) is 1. The second kappa shape index (κ2) is 11.3. The Labute approximate surface area is 237 Å². The second-order valence-corrected chi connectivity index (χ2v) is 10.7. The molecule has 1 aliphatic rings. The molecular weight excluding hydrogens is 529 g/mol. The molecule has 0 radical (unpaired) electrons. The number of pyridine rings is 1. The number of benzene rings is 1. The number of carbonyl (C=O) groups is 1. The smallest absolute Gasteiger partial charge is 0.372 e. The first-order chi connectivity index (χ1) is 19.6. The van der Waals surface area contributed by atoms with Crippen LogP contribution in [0.3, 0.4) is 0 Å². The molecular formula is C31H33F3N6O. The summed E-state index contributed by atoms with van der Waals surface area (Å²) in [4.78, 5) is 18.2. The van der Waals surface area contributed by atoms with E-state index in [1.165, 1.54) is 31.1 Å². The molecule has 0 spiro atoms. The van der Waals surface area contributed by atoms with Crippen LogP contribution < -0.4 is 5.32 Å². The normalized spacial score (nSPS) is 15.9. The van der Waals surface area contributed by atoms with Gasteiger partial charge in [-0.3, -0.25) is 4.79 Å². The highest BCUT2D eigenvalue weighted by molar-refractivity contribution is 5.95. The molecule has 1 amide bonds. The number of nitrogens with zero attached hydrogens (tertiary/aromatic N) is 5. The minimum absolute atomic E-state index is 0.0332. The molecule has 1 atom stereocenters. The van der Waals surface area contributed by atoms with E-state index in [0.717, 1.165) is 53.3 Å². The minimum Gasteiger partial charge on any atom is -0.372 e. The van der Waals surface area contributed by atoms with Gasteiger partial charge >= 0.3 is 6.18 Å². The van der Waals surface area contributed by atoms with Crippen molar-refractivity contribution in [3.8, 4) is 11.3 Å². The predicted octanol–water partition coefficient (Wildman–Crippen LogP) is 6.61. The molecule has 3 heterocycles. The van der Waals surface area contributed by atoms with Gasteiger partial charge in [0.15, 0.2) is 0 Å². The van der Waals surface area contributed by atoms with E-state index in [2.05, 4.69) is 31.1 Å². The van der Waals surface area contributed by atoms with Crippen molar-refractivity contribution in [3.63, 3.8) is 0 Å². The number of aromatic nitrogens is 4. The number of hydrogen-bond acceptors (Lipinski definition) is 5. The van der Waals surface area contributed by atoms with Gasteiger partial charge in [0.2, 0.25) is 0 Å². The van der Waals surface area contributed by atoms with Gasteiger partial charge in [-0.15, -0.1) is 10.2 Å². The molecule has 1 aromatic carbocycles. The number of halogens is 3. The molecule has 10 heteroatoms. The van der Waals surface area contributed by atoms with Crippen LogP contribution >= 0.6 is 0 Å². The molecule has 4 aromatic rings. The van der Waals surface area contributed by atoms with Crippen LogP contribution in [0.25, 0.3) is 27.9 Å². The van der Waals surface area contributed by atoms with Gasteiger partial charge in [-0.05, 0) is 85.6 Å². The fourth-order valence-electron chi connectivity index (χ4n) is 5.59. The summed E-state index contributed by atoms with van der Waals surface area (Å²) in [6.07, 6.45) is 2.86. The van der Waals surface area contributed by atoms with E-state index in [4.69, 9.17) is 0 Å². The van der Waals surface area contributed by atoms with Crippen molar-refractivity contribution in [2.75, 3.05) is 26.5 Å². The monoisotopic (exact) mass is 562 g/mol. The van der Waals surface area contributed by atoms with Gasteiger partial charge in [0, 0.05) is 56.6 Å². The second-order valence-electron chi connectivity index (χ2n) is 10.7. The Bertz CT molecular complexity index is 1600. The van der Waals surface area contributed by atoms with Gasteiger partial charge < -0.3 is 14.8 Å². The molecule has 1 unspecified atom stereocenters. The molecule has 0 fully saturated rings. The molecule has 7 nitrogen and oxygen atoms in total. The number of nitrogens with one attached hydrogen (secondary N) is 1. The molecule has 0 aliphatic heterocycles. The first-order valence-corrected chi connectivity index (χ1v) is 13.6. The van der Waals surface area contributed by atoms with Crippen molar-refractivity contribution in [2.24, 2.45) is 13.0 Å². The number of carbonyl (C=O) groups excluding carboxylic acids is 1.